The van der Waals surface area contributed by atoms with E-state index in [1.54, 1.807) is 30.3 Å². The van der Waals surface area contributed by atoms with Crippen molar-refractivity contribution in [3.63, 3.8) is 0 Å². The predicted molar refractivity (Wildman–Crippen MR) is 139 cm³/mol. The lowest BCUT2D eigenvalue weighted by molar-refractivity contribution is -0.119. The summed E-state index contributed by atoms with van der Waals surface area (Å²) in [6.07, 6.45) is 3.88. The third kappa shape index (κ3) is 5.33. The molecule has 0 saturated heterocycles. The number of aromatic nitrogens is 2. The first-order chi connectivity index (χ1) is 17.4. The van der Waals surface area contributed by atoms with Gasteiger partial charge in [0, 0.05) is 12.0 Å². The normalized spacial score (nSPS) is 11.9. The molecular weight excluding hydrogens is 456 g/mol. The van der Waals surface area contributed by atoms with Crippen molar-refractivity contribution in [3.05, 3.63) is 94.7 Å². The number of hydrogen-bond donors (Lipinski definition) is 3. The molecule has 0 saturated carbocycles. The first kappa shape index (κ1) is 24.4. The SMILES string of the molecule is COc1c(C(=O)NC(Cc2ccccc2)C(N)=O)ccc2[nH]nc(/C=C/c3cccc(C(C)=O)c3)c12. The number of nitrogens with one attached hydrogen (secondary N) is 2. The van der Waals surface area contributed by atoms with Crippen LogP contribution in [0.3, 0.4) is 0 Å². The lowest BCUT2D eigenvalue weighted by atomic mass is 10.0. The van der Waals surface area contributed by atoms with E-state index in [0.717, 1.165) is 11.1 Å². The van der Waals surface area contributed by atoms with Crippen LogP contribution in [0.1, 0.15) is 44.5 Å². The summed E-state index contributed by atoms with van der Waals surface area (Å²) < 4.78 is 5.63. The van der Waals surface area contributed by atoms with Gasteiger partial charge in [-0.05, 0) is 42.3 Å². The Morgan fingerprint density at radius 3 is 2.53 bits per heavy atom. The van der Waals surface area contributed by atoms with Gasteiger partial charge >= 0.3 is 0 Å². The number of amides is 2. The largest absolute Gasteiger partial charge is 0.495 e. The van der Waals surface area contributed by atoms with Crippen molar-refractivity contribution in [1.29, 1.82) is 0 Å². The summed E-state index contributed by atoms with van der Waals surface area (Å²) in [4.78, 5) is 37.0. The van der Waals surface area contributed by atoms with Crippen LogP contribution in [0.4, 0.5) is 0 Å². The number of Topliss-reactive ketones (excluding diaryl/α,β-unsaturated/α-hetero) is 1. The molecule has 8 nitrogen and oxygen atoms in total. The first-order valence-corrected chi connectivity index (χ1v) is 11.4. The number of carbonyl (C=O) groups excluding carboxylic acids is 3. The highest BCUT2D eigenvalue weighted by Crippen LogP contribution is 2.32. The number of benzene rings is 3. The van der Waals surface area contributed by atoms with E-state index in [1.165, 1.54) is 14.0 Å². The Hall–Kier alpha value is -4.72. The highest BCUT2D eigenvalue weighted by molar-refractivity contribution is 6.06. The van der Waals surface area contributed by atoms with Crippen LogP contribution < -0.4 is 15.8 Å². The molecule has 0 aliphatic heterocycles. The van der Waals surface area contributed by atoms with Crippen LogP contribution in [0.2, 0.25) is 0 Å². The lowest BCUT2D eigenvalue weighted by Crippen LogP contribution is -2.45. The number of primary amides is 1. The third-order valence-electron chi connectivity index (χ3n) is 5.82. The highest BCUT2D eigenvalue weighted by atomic mass is 16.5. The zero-order valence-corrected chi connectivity index (χ0v) is 19.9. The number of aromatic amines is 1. The number of carbonyl (C=O) groups is 3. The minimum absolute atomic E-state index is 0.0191. The molecule has 4 N–H and O–H groups in total. The average molecular weight is 483 g/mol. The number of hydrogen-bond acceptors (Lipinski definition) is 5. The van der Waals surface area contributed by atoms with Gasteiger partial charge in [0.15, 0.2) is 5.78 Å². The van der Waals surface area contributed by atoms with Crippen LogP contribution in [0.15, 0.2) is 66.7 Å². The monoisotopic (exact) mass is 482 g/mol. The summed E-state index contributed by atoms with van der Waals surface area (Å²) in [6.45, 7) is 1.52. The van der Waals surface area contributed by atoms with Crippen LogP contribution in [0.25, 0.3) is 23.1 Å². The van der Waals surface area contributed by atoms with Gasteiger partial charge in [-0.3, -0.25) is 19.5 Å². The molecule has 1 heterocycles. The maximum absolute atomic E-state index is 13.2. The molecule has 0 aliphatic carbocycles. The molecule has 1 atom stereocenters. The summed E-state index contributed by atoms with van der Waals surface area (Å²) in [6, 6.07) is 19.0. The van der Waals surface area contributed by atoms with Gasteiger partial charge in [0.1, 0.15) is 11.8 Å². The number of ketones is 1. The van der Waals surface area contributed by atoms with Gasteiger partial charge in [0.25, 0.3) is 5.91 Å². The fourth-order valence-electron chi connectivity index (χ4n) is 3.96. The molecule has 0 fully saturated rings. The quantitative estimate of drug-likeness (QED) is 0.313. The zero-order valence-electron chi connectivity index (χ0n) is 19.9. The predicted octanol–water partition coefficient (Wildman–Crippen LogP) is 3.77. The van der Waals surface area contributed by atoms with Gasteiger partial charge in [-0.25, -0.2) is 0 Å². The second-order valence-electron chi connectivity index (χ2n) is 8.31. The van der Waals surface area contributed by atoms with Crippen molar-refractivity contribution < 1.29 is 19.1 Å². The minimum atomic E-state index is -0.891. The van der Waals surface area contributed by atoms with Gasteiger partial charge in [0.05, 0.1) is 29.3 Å². The fraction of sp³-hybridized carbons (Fsp3) is 0.143. The Morgan fingerprint density at radius 2 is 1.83 bits per heavy atom. The van der Waals surface area contributed by atoms with Crippen LogP contribution in [0, 0.1) is 0 Å². The molecule has 1 aromatic heterocycles. The molecule has 4 rings (SSSR count). The standard InChI is InChI=1S/C28H26N4O4/c1-17(33)20-10-6-9-19(15-20)11-13-22-25-23(32-31-22)14-12-21(26(25)36-2)28(35)30-24(27(29)34)16-18-7-4-3-5-8-18/h3-15,24H,16H2,1-2H3,(H2,29,34)(H,30,35)(H,31,32)/b13-11+. The number of rotatable bonds is 9. The fourth-order valence-corrected chi connectivity index (χ4v) is 3.96. The second-order valence-corrected chi connectivity index (χ2v) is 8.31. The molecule has 4 aromatic rings. The summed E-state index contributed by atoms with van der Waals surface area (Å²) >= 11 is 0. The Kier molecular flexibility index (Phi) is 7.25. The molecule has 1 unspecified atom stereocenters. The number of fused-ring (bicyclic) bond motifs is 1. The number of ether oxygens (including phenoxy) is 1. The number of H-pyrrole nitrogens is 1. The Morgan fingerprint density at radius 1 is 1.06 bits per heavy atom. The molecular formula is C28H26N4O4. The Labute approximate surface area is 208 Å². The average Bonchev–Trinajstić information content (AvgIpc) is 3.30. The van der Waals surface area contributed by atoms with Gasteiger partial charge in [-0.15, -0.1) is 0 Å². The van der Waals surface area contributed by atoms with E-state index < -0.39 is 17.9 Å². The maximum Gasteiger partial charge on any atom is 0.255 e. The molecule has 0 aliphatic rings. The Bertz CT molecular complexity index is 1460. The summed E-state index contributed by atoms with van der Waals surface area (Å²) in [7, 11) is 1.47. The third-order valence-corrected chi connectivity index (χ3v) is 5.82. The maximum atomic E-state index is 13.2. The molecule has 0 bridgehead atoms. The first-order valence-electron chi connectivity index (χ1n) is 11.4. The van der Waals surface area contributed by atoms with Crippen LogP contribution >= 0.6 is 0 Å². The van der Waals surface area contributed by atoms with Gasteiger partial charge in [0.2, 0.25) is 5.91 Å². The molecule has 8 heteroatoms. The molecule has 2 amide bonds. The van der Waals surface area contributed by atoms with Gasteiger partial charge in [-0.1, -0.05) is 54.6 Å². The topological polar surface area (TPSA) is 127 Å². The molecule has 36 heavy (non-hydrogen) atoms. The Balaban J connectivity index is 1.65. The van der Waals surface area contributed by atoms with Crippen molar-refractivity contribution >= 4 is 40.7 Å². The van der Waals surface area contributed by atoms with E-state index in [2.05, 4.69) is 15.5 Å². The smallest absolute Gasteiger partial charge is 0.255 e. The van der Waals surface area contributed by atoms with Crippen molar-refractivity contribution in [3.8, 4) is 5.75 Å². The molecule has 3 aromatic carbocycles. The number of nitrogens with zero attached hydrogens (tertiary/aromatic N) is 1. The summed E-state index contributed by atoms with van der Waals surface area (Å²) in [5.41, 5.74) is 9.37. The van der Waals surface area contributed by atoms with Crippen LogP contribution in [-0.2, 0) is 11.2 Å². The van der Waals surface area contributed by atoms with E-state index in [9.17, 15) is 14.4 Å². The van der Waals surface area contributed by atoms with E-state index in [-0.39, 0.29) is 17.8 Å². The lowest BCUT2D eigenvalue weighted by Gasteiger charge is -2.17. The second kappa shape index (κ2) is 10.7. The van der Waals surface area contributed by atoms with E-state index in [0.29, 0.717) is 27.9 Å². The highest BCUT2D eigenvalue weighted by Gasteiger charge is 2.24. The van der Waals surface area contributed by atoms with Crippen molar-refractivity contribution in [2.45, 2.75) is 19.4 Å². The van der Waals surface area contributed by atoms with Gasteiger partial charge in [-0.2, -0.15) is 5.10 Å². The molecule has 182 valence electrons. The van der Waals surface area contributed by atoms with Gasteiger partial charge < -0.3 is 15.8 Å². The molecule has 0 radical (unpaired) electrons. The van der Waals surface area contributed by atoms with Crippen molar-refractivity contribution in [1.82, 2.24) is 15.5 Å². The van der Waals surface area contributed by atoms with Crippen LogP contribution in [0.5, 0.6) is 5.75 Å². The van der Waals surface area contributed by atoms with Crippen molar-refractivity contribution in [2.24, 2.45) is 5.73 Å². The van der Waals surface area contributed by atoms with E-state index in [4.69, 9.17) is 10.5 Å². The van der Waals surface area contributed by atoms with E-state index >= 15 is 0 Å². The van der Waals surface area contributed by atoms with Crippen molar-refractivity contribution in [2.75, 3.05) is 7.11 Å². The molecule has 0 spiro atoms. The number of nitrogens with two attached hydrogens (primary N) is 1. The zero-order chi connectivity index (χ0) is 25.7. The summed E-state index contributed by atoms with van der Waals surface area (Å²) in [5.74, 6) is -0.820. The number of methoxy groups -OCH3 is 1. The minimum Gasteiger partial charge on any atom is -0.495 e. The summed E-state index contributed by atoms with van der Waals surface area (Å²) in [5, 5.41) is 10.6. The van der Waals surface area contributed by atoms with Crippen LogP contribution in [-0.4, -0.2) is 40.9 Å². The van der Waals surface area contributed by atoms with E-state index in [1.807, 2.05) is 48.5 Å².